The average Bonchev–Trinajstić information content (AvgIpc) is 2.99. The van der Waals surface area contributed by atoms with Crippen molar-refractivity contribution in [2.45, 2.75) is 19.8 Å². The topological polar surface area (TPSA) is 46.9 Å². The van der Waals surface area contributed by atoms with Crippen LogP contribution < -0.4 is 5.32 Å². The number of rotatable bonds is 6. The summed E-state index contributed by atoms with van der Waals surface area (Å²) in [6.45, 7) is 2.36. The molecule has 0 radical (unpaired) electrons. The van der Waals surface area contributed by atoms with Crippen molar-refractivity contribution in [1.82, 2.24) is 15.1 Å². The van der Waals surface area contributed by atoms with Gasteiger partial charge in [0, 0.05) is 24.4 Å². The van der Waals surface area contributed by atoms with Gasteiger partial charge in [0.25, 0.3) is 5.91 Å². The second-order valence-electron chi connectivity index (χ2n) is 6.04. The van der Waals surface area contributed by atoms with Gasteiger partial charge in [-0.05, 0) is 49.6 Å². The number of carbonyl (C=O) groups excluding carboxylic acids is 1. The third-order valence-corrected chi connectivity index (χ3v) is 4.05. The zero-order valence-electron chi connectivity index (χ0n) is 14.4. The lowest BCUT2D eigenvalue weighted by molar-refractivity contribution is 0.0952. The molecule has 1 aromatic heterocycles. The van der Waals surface area contributed by atoms with Crippen molar-refractivity contribution in [2.75, 3.05) is 6.54 Å². The summed E-state index contributed by atoms with van der Waals surface area (Å²) in [7, 11) is 0. The van der Waals surface area contributed by atoms with Crippen molar-refractivity contribution in [2.24, 2.45) is 0 Å². The summed E-state index contributed by atoms with van der Waals surface area (Å²) in [6.07, 6.45) is 3.43. The summed E-state index contributed by atoms with van der Waals surface area (Å²) in [6, 6.07) is 12.6. The number of benzene rings is 2. The van der Waals surface area contributed by atoms with E-state index in [2.05, 4.69) is 10.4 Å². The van der Waals surface area contributed by atoms with Crippen LogP contribution in [0.15, 0.2) is 54.7 Å². The molecule has 3 rings (SSSR count). The maximum absolute atomic E-state index is 13.2. The molecule has 0 fully saturated rings. The first-order chi connectivity index (χ1) is 12.5. The molecule has 0 atom stereocenters. The van der Waals surface area contributed by atoms with Crippen LogP contribution >= 0.6 is 0 Å². The Kier molecular flexibility index (Phi) is 5.41. The normalized spacial score (nSPS) is 10.7. The molecule has 0 aliphatic carbocycles. The van der Waals surface area contributed by atoms with Gasteiger partial charge in [0.15, 0.2) is 0 Å². The Hall–Kier alpha value is -3.02. The van der Waals surface area contributed by atoms with Crippen molar-refractivity contribution in [3.05, 3.63) is 83.2 Å². The van der Waals surface area contributed by atoms with E-state index in [0.717, 1.165) is 41.6 Å². The molecule has 0 saturated carbocycles. The number of aromatic nitrogens is 2. The maximum atomic E-state index is 13.2. The van der Waals surface area contributed by atoms with Gasteiger partial charge in [-0.2, -0.15) is 5.10 Å². The van der Waals surface area contributed by atoms with Crippen LogP contribution in [0.5, 0.6) is 0 Å². The van der Waals surface area contributed by atoms with Crippen LogP contribution in [0, 0.1) is 18.6 Å². The number of carbonyl (C=O) groups is 1. The summed E-state index contributed by atoms with van der Waals surface area (Å²) in [4.78, 5) is 12.0. The van der Waals surface area contributed by atoms with Crippen LogP contribution in [-0.4, -0.2) is 22.2 Å². The van der Waals surface area contributed by atoms with E-state index in [9.17, 15) is 13.6 Å². The monoisotopic (exact) mass is 355 g/mol. The standard InChI is InChI=1S/C20H19F2N3O/c1-14-15(13-25(24-14)19-7-3-2-4-8-19)6-5-9-23-20(26)16-10-17(21)12-18(22)11-16/h2-4,7-8,10-13H,5-6,9H2,1H3,(H,23,26). The van der Waals surface area contributed by atoms with Crippen molar-refractivity contribution < 1.29 is 13.6 Å². The molecule has 1 heterocycles. The van der Waals surface area contributed by atoms with E-state index in [4.69, 9.17) is 0 Å². The Morgan fingerprint density at radius 2 is 1.81 bits per heavy atom. The largest absolute Gasteiger partial charge is 0.352 e. The van der Waals surface area contributed by atoms with Crippen molar-refractivity contribution in [3.63, 3.8) is 0 Å². The number of aryl methyl sites for hydroxylation is 2. The van der Waals surface area contributed by atoms with E-state index in [1.807, 2.05) is 48.1 Å². The van der Waals surface area contributed by atoms with Gasteiger partial charge in [0.1, 0.15) is 11.6 Å². The van der Waals surface area contributed by atoms with E-state index in [-0.39, 0.29) is 5.56 Å². The van der Waals surface area contributed by atoms with Gasteiger partial charge in [-0.3, -0.25) is 4.79 Å². The highest BCUT2D eigenvalue weighted by Crippen LogP contribution is 2.13. The first-order valence-corrected chi connectivity index (χ1v) is 8.38. The quantitative estimate of drug-likeness (QED) is 0.683. The van der Waals surface area contributed by atoms with Crippen LogP contribution in [0.3, 0.4) is 0 Å². The van der Waals surface area contributed by atoms with Gasteiger partial charge in [0.05, 0.1) is 11.4 Å². The molecule has 0 saturated heterocycles. The van der Waals surface area contributed by atoms with Crippen LogP contribution in [0.25, 0.3) is 5.69 Å². The molecule has 0 spiro atoms. The molecule has 134 valence electrons. The molecule has 0 aliphatic rings. The number of halogens is 2. The second-order valence-corrected chi connectivity index (χ2v) is 6.04. The summed E-state index contributed by atoms with van der Waals surface area (Å²) in [5.74, 6) is -2.02. The SMILES string of the molecule is Cc1nn(-c2ccccc2)cc1CCCNC(=O)c1cc(F)cc(F)c1. The van der Waals surface area contributed by atoms with Crippen LogP contribution in [0.4, 0.5) is 8.78 Å². The van der Waals surface area contributed by atoms with Crippen molar-refractivity contribution >= 4 is 5.91 Å². The molecule has 2 aromatic carbocycles. The first-order valence-electron chi connectivity index (χ1n) is 8.38. The minimum atomic E-state index is -0.765. The fraction of sp³-hybridized carbons (Fsp3) is 0.200. The van der Waals surface area contributed by atoms with Gasteiger partial charge >= 0.3 is 0 Å². The summed E-state index contributed by atoms with van der Waals surface area (Å²) >= 11 is 0. The average molecular weight is 355 g/mol. The fourth-order valence-corrected chi connectivity index (χ4v) is 2.72. The number of para-hydroxylation sites is 1. The third kappa shape index (κ3) is 4.33. The van der Waals surface area contributed by atoms with Gasteiger partial charge in [-0.25, -0.2) is 13.5 Å². The Labute approximate surface area is 150 Å². The number of amides is 1. The molecule has 26 heavy (non-hydrogen) atoms. The lowest BCUT2D eigenvalue weighted by Gasteiger charge is -2.05. The number of nitrogens with one attached hydrogen (secondary N) is 1. The smallest absolute Gasteiger partial charge is 0.251 e. The highest BCUT2D eigenvalue weighted by molar-refractivity contribution is 5.94. The molecule has 6 heteroatoms. The molecule has 0 aliphatic heterocycles. The van der Waals surface area contributed by atoms with E-state index < -0.39 is 17.5 Å². The van der Waals surface area contributed by atoms with Gasteiger partial charge in [0.2, 0.25) is 0 Å². The highest BCUT2D eigenvalue weighted by atomic mass is 19.1. The Bertz CT molecular complexity index is 886. The lowest BCUT2D eigenvalue weighted by Crippen LogP contribution is -2.25. The zero-order valence-corrected chi connectivity index (χ0v) is 14.4. The molecular formula is C20H19F2N3O. The van der Waals surface area contributed by atoms with Gasteiger partial charge in [-0.15, -0.1) is 0 Å². The third-order valence-electron chi connectivity index (χ3n) is 4.05. The molecule has 1 N–H and O–H groups in total. The minimum absolute atomic E-state index is 0.0180. The maximum Gasteiger partial charge on any atom is 0.251 e. The lowest BCUT2D eigenvalue weighted by atomic mass is 10.1. The summed E-state index contributed by atoms with van der Waals surface area (Å²) in [5.41, 5.74) is 3.01. The first kappa shape index (κ1) is 17.8. The van der Waals surface area contributed by atoms with Crippen LogP contribution in [0.2, 0.25) is 0 Å². The Morgan fingerprint density at radius 1 is 1.12 bits per heavy atom. The predicted molar refractivity (Wildman–Crippen MR) is 95.3 cm³/mol. The minimum Gasteiger partial charge on any atom is -0.352 e. The molecule has 4 nitrogen and oxygen atoms in total. The second kappa shape index (κ2) is 7.91. The molecular weight excluding hydrogens is 336 g/mol. The van der Waals surface area contributed by atoms with Crippen molar-refractivity contribution in [3.8, 4) is 5.69 Å². The number of hydrogen-bond acceptors (Lipinski definition) is 2. The zero-order chi connectivity index (χ0) is 18.5. The van der Waals surface area contributed by atoms with E-state index in [0.29, 0.717) is 13.0 Å². The molecule has 3 aromatic rings. The van der Waals surface area contributed by atoms with Crippen molar-refractivity contribution in [1.29, 1.82) is 0 Å². The predicted octanol–water partition coefficient (Wildman–Crippen LogP) is 3.82. The van der Waals surface area contributed by atoms with Gasteiger partial charge in [-0.1, -0.05) is 18.2 Å². The van der Waals surface area contributed by atoms with E-state index in [1.165, 1.54) is 0 Å². The summed E-state index contributed by atoms with van der Waals surface area (Å²) in [5, 5.41) is 7.19. The number of hydrogen-bond donors (Lipinski definition) is 1. The Balaban J connectivity index is 1.54. The van der Waals surface area contributed by atoms with Gasteiger partial charge < -0.3 is 5.32 Å². The summed E-state index contributed by atoms with van der Waals surface area (Å²) < 4.78 is 28.1. The Morgan fingerprint density at radius 3 is 2.50 bits per heavy atom. The molecule has 0 bridgehead atoms. The van der Waals surface area contributed by atoms with E-state index >= 15 is 0 Å². The number of nitrogens with zero attached hydrogens (tertiary/aromatic N) is 2. The van der Waals surface area contributed by atoms with Crippen LogP contribution in [-0.2, 0) is 6.42 Å². The molecule has 0 unspecified atom stereocenters. The van der Waals surface area contributed by atoms with Crippen LogP contribution in [0.1, 0.15) is 28.0 Å². The highest BCUT2D eigenvalue weighted by Gasteiger charge is 2.10. The van der Waals surface area contributed by atoms with E-state index in [1.54, 1.807) is 0 Å². The molecule has 1 amide bonds. The fourth-order valence-electron chi connectivity index (χ4n) is 2.72.